The fourth-order valence-electron chi connectivity index (χ4n) is 3.85. The number of rotatable bonds is 25. The smallest absolute Gasteiger partial charge is 0.220 e. The lowest BCUT2D eigenvalue weighted by Crippen LogP contribution is -2.45. The van der Waals surface area contributed by atoms with Gasteiger partial charge in [0.05, 0.1) is 18.8 Å². The molecule has 0 heterocycles. The fourth-order valence-corrected chi connectivity index (χ4v) is 3.85. The van der Waals surface area contributed by atoms with Gasteiger partial charge in [-0.3, -0.25) is 4.79 Å². The number of carbonyl (C=O) groups is 1. The number of aliphatic hydroxyl groups is 2. The van der Waals surface area contributed by atoms with E-state index in [1.807, 2.05) is 6.08 Å². The van der Waals surface area contributed by atoms with Gasteiger partial charge in [-0.05, 0) is 64.2 Å². The summed E-state index contributed by atoms with van der Waals surface area (Å²) in [6.07, 6.45) is 41.2. The van der Waals surface area contributed by atoms with Crippen molar-refractivity contribution >= 4 is 5.91 Å². The molecule has 0 aliphatic heterocycles. The molecule has 0 aliphatic carbocycles. The molecule has 0 aromatic heterocycles. The number of amides is 1. The fraction of sp³-hybridized carbons (Fsp3) is 0.618. The third-order valence-corrected chi connectivity index (χ3v) is 6.20. The van der Waals surface area contributed by atoms with Gasteiger partial charge in [0.15, 0.2) is 0 Å². The van der Waals surface area contributed by atoms with Gasteiger partial charge in [0.25, 0.3) is 0 Å². The number of unbranched alkanes of at least 4 members (excludes halogenated alkanes) is 8. The van der Waals surface area contributed by atoms with Crippen molar-refractivity contribution in [2.24, 2.45) is 0 Å². The third kappa shape index (κ3) is 25.5. The van der Waals surface area contributed by atoms with Crippen LogP contribution in [0.4, 0.5) is 0 Å². The second-order valence-corrected chi connectivity index (χ2v) is 9.79. The maximum absolute atomic E-state index is 12.2. The standard InChI is InChI=1S/C34H57NO3/c1-3-5-7-9-11-12-13-14-15-16-17-18-19-20-21-22-24-26-28-30-34(38)35-32(31-36)33(37)29-27-25-23-10-8-6-4-2/h5,7,11-12,14-15,17-18,20-21,27,29,32-33,36-37H,3-4,6,8-10,13,16,19,22-26,28,30-31H2,1-2H3,(H,35,38)/b7-5-,12-11-,15-14-,18-17-,21-20-,29-27+. The van der Waals surface area contributed by atoms with Gasteiger partial charge in [-0.15, -0.1) is 0 Å². The lowest BCUT2D eigenvalue weighted by atomic mass is 10.1. The number of allylic oxidation sites excluding steroid dienone is 11. The minimum atomic E-state index is -0.852. The molecule has 0 bridgehead atoms. The van der Waals surface area contributed by atoms with Crippen molar-refractivity contribution in [1.29, 1.82) is 0 Å². The molecule has 0 aromatic carbocycles. The van der Waals surface area contributed by atoms with Crippen molar-refractivity contribution in [1.82, 2.24) is 5.32 Å². The summed E-state index contributed by atoms with van der Waals surface area (Å²) >= 11 is 0. The van der Waals surface area contributed by atoms with Crippen LogP contribution in [0.25, 0.3) is 0 Å². The summed E-state index contributed by atoms with van der Waals surface area (Å²) in [7, 11) is 0. The molecule has 0 aliphatic rings. The van der Waals surface area contributed by atoms with E-state index in [0.29, 0.717) is 6.42 Å². The first-order valence-electron chi connectivity index (χ1n) is 15.2. The summed E-state index contributed by atoms with van der Waals surface area (Å²) in [5.41, 5.74) is 0. The molecule has 38 heavy (non-hydrogen) atoms. The Bertz CT molecular complexity index is 703. The minimum Gasteiger partial charge on any atom is -0.394 e. The molecule has 0 fully saturated rings. The zero-order valence-electron chi connectivity index (χ0n) is 24.4. The molecule has 0 rings (SSSR count). The average Bonchev–Trinajstić information content (AvgIpc) is 2.92. The lowest BCUT2D eigenvalue weighted by Gasteiger charge is -2.19. The van der Waals surface area contributed by atoms with Crippen LogP contribution in [0.15, 0.2) is 72.9 Å². The van der Waals surface area contributed by atoms with Crippen LogP contribution in [-0.4, -0.2) is 34.9 Å². The van der Waals surface area contributed by atoms with Gasteiger partial charge in [-0.1, -0.05) is 119 Å². The van der Waals surface area contributed by atoms with Crippen LogP contribution in [0.5, 0.6) is 0 Å². The Labute approximate surface area is 234 Å². The topological polar surface area (TPSA) is 69.6 Å². The van der Waals surface area contributed by atoms with E-state index in [2.05, 4.69) is 79.9 Å². The monoisotopic (exact) mass is 527 g/mol. The van der Waals surface area contributed by atoms with Crippen LogP contribution in [0.1, 0.15) is 117 Å². The highest BCUT2D eigenvalue weighted by Gasteiger charge is 2.17. The Morgan fingerprint density at radius 3 is 1.71 bits per heavy atom. The Hall–Kier alpha value is -2.17. The summed E-state index contributed by atoms with van der Waals surface area (Å²) in [5.74, 6) is -0.106. The van der Waals surface area contributed by atoms with E-state index in [-0.39, 0.29) is 12.5 Å². The van der Waals surface area contributed by atoms with Gasteiger partial charge in [0.2, 0.25) is 5.91 Å². The number of hydrogen-bond acceptors (Lipinski definition) is 3. The Morgan fingerprint density at radius 2 is 1.16 bits per heavy atom. The van der Waals surface area contributed by atoms with Gasteiger partial charge in [-0.25, -0.2) is 0 Å². The summed E-state index contributed by atoms with van der Waals surface area (Å²) in [4.78, 5) is 12.2. The van der Waals surface area contributed by atoms with Gasteiger partial charge in [-0.2, -0.15) is 0 Å². The molecule has 0 spiro atoms. The quantitative estimate of drug-likeness (QED) is 0.0824. The van der Waals surface area contributed by atoms with Crippen LogP contribution >= 0.6 is 0 Å². The van der Waals surface area contributed by atoms with Crippen molar-refractivity contribution in [3.8, 4) is 0 Å². The van der Waals surface area contributed by atoms with Gasteiger partial charge < -0.3 is 15.5 Å². The Morgan fingerprint density at radius 1 is 0.658 bits per heavy atom. The molecule has 216 valence electrons. The van der Waals surface area contributed by atoms with E-state index in [4.69, 9.17) is 0 Å². The van der Waals surface area contributed by atoms with E-state index in [0.717, 1.165) is 70.6 Å². The number of aliphatic hydroxyl groups excluding tert-OH is 2. The highest BCUT2D eigenvalue weighted by atomic mass is 16.3. The van der Waals surface area contributed by atoms with E-state index in [1.165, 1.54) is 25.7 Å². The first-order chi connectivity index (χ1) is 18.7. The second-order valence-electron chi connectivity index (χ2n) is 9.79. The third-order valence-electron chi connectivity index (χ3n) is 6.20. The Kier molecular flexibility index (Phi) is 27.7. The number of carbonyl (C=O) groups excluding carboxylic acids is 1. The molecular formula is C34H57NO3. The van der Waals surface area contributed by atoms with Gasteiger partial charge >= 0.3 is 0 Å². The van der Waals surface area contributed by atoms with Gasteiger partial charge in [0, 0.05) is 6.42 Å². The molecule has 0 saturated heterocycles. The largest absolute Gasteiger partial charge is 0.394 e. The molecule has 0 saturated carbocycles. The van der Waals surface area contributed by atoms with Crippen molar-refractivity contribution in [2.45, 2.75) is 129 Å². The molecule has 2 unspecified atom stereocenters. The van der Waals surface area contributed by atoms with Crippen molar-refractivity contribution in [2.75, 3.05) is 6.61 Å². The molecule has 0 aromatic rings. The number of nitrogens with one attached hydrogen (secondary N) is 1. The van der Waals surface area contributed by atoms with Crippen molar-refractivity contribution in [3.63, 3.8) is 0 Å². The highest BCUT2D eigenvalue weighted by Crippen LogP contribution is 2.08. The first kappa shape index (κ1) is 35.8. The normalized spacial score (nSPS) is 14.3. The van der Waals surface area contributed by atoms with Crippen LogP contribution in [0.3, 0.4) is 0 Å². The van der Waals surface area contributed by atoms with Crippen molar-refractivity contribution in [3.05, 3.63) is 72.9 Å². The van der Waals surface area contributed by atoms with Crippen molar-refractivity contribution < 1.29 is 15.0 Å². The maximum atomic E-state index is 12.2. The molecule has 1 amide bonds. The zero-order valence-corrected chi connectivity index (χ0v) is 24.4. The van der Waals surface area contributed by atoms with E-state index < -0.39 is 12.1 Å². The highest BCUT2D eigenvalue weighted by molar-refractivity contribution is 5.76. The predicted molar refractivity (Wildman–Crippen MR) is 165 cm³/mol. The first-order valence-corrected chi connectivity index (χ1v) is 15.2. The molecular weight excluding hydrogens is 470 g/mol. The van der Waals surface area contributed by atoms with Crippen LogP contribution in [0, 0.1) is 0 Å². The minimum absolute atomic E-state index is 0.106. The summed E-state index contributed by atoms with van der Waals surface area (Å²) in [6.45, 7) is 4.09. The van der Waals surface area contributed by atoms with E-state index >= 15 is 0 Å². The summed E-state index contributed by atoms with van der Waals surface area (Å²) in [5, 5.41) is 22.6. The second kappa shape index (κ2) is 29.4. The van der Waals surface area contributed by atoms with Gasteiger partial charge in [0.1, 0.15) is 0 Å². The molecule has 2 atom stereocenters. The molecule has 4 nitrogen and oxygen atoms in total. The predicted octanol–water partition coefficient (Wildman–Crippen LogP) is 8.44. The van der Waals surface area contributed by atoms with Crippen LogP contribution < -0.4 is 5.32 Å². The SMILES string of the molecule is CC/C=C\C/C=C\C/C=C\C/C=C\C/C=C\CCCCCC(=O)NC(CO)C(O)/C=C/CCCCCCC. The lowest BCUT2D eigenvalue weighted by molar-refractivity contribution is -0.123. The zero-order chi connectivity index (χ0) is 27.9. The summed E-state index contributed by atoms with van der Waals surface area (Å²) < 4.78 is 0. The Balaban J connectivity index is 3.78. The van der Waals surface area contributed by atoms with E-state index in [1.54, 1.807) is 6.08 Å². The molecule has 0 radical (unpaired) electrons. The molecule has 4 heteroatoms. The molecule has 3 N–H and O–H groups in total. The number of hydrogen-bond donors (Lipinski definition) is 3. The van der Waals surface area contributed by atoms with Crippen LogP contribution in [-0.2, 0) is 4.79 Å². The van der Waals surface area contributed by atoms with E-state index in [9.17, 15) is 15.0 Å². The summed E-state index contributed by atoms with van der Waals surface area (Å²) in [6, 6.07) is -0.639. The van der Waals surface area contributed by atoms with Crippen LogP contribution in [0.2, 0.25) is 0 Å². The average molecular weight is 528 g/mol. The maximum Gasteiger partial charge on any atom is 0.220 e.